The first-order chi connectivity index (χ1) is 31.0. The molecule has 16 heteroatoms. The summed E-state index contributed by atoms with van der Waals surface area (Å²) in [6.45, 7) is 17.4. The number of unbranched alkanes of at least 4 members (excludes halogenated alkanes) is 5. The van der Waals surface area contributed by atoms with Crippen molar-refractivity contribution >= 4 is 83.6 Å². The third-order valence-corrected chi connectivity index (χ3v) is 11.3. The van der Waals surface area contributed by atoms with E-state index < -0.39 is 11.9 Å². The number of ether oxygens (including phenoxy) is 1. The molecule has 0 spiro atoms. The Morgan fingerprint density at radius 3 is 2.09 bits per heavy atom. The number of hydrogen-bond donors (Lipinski definition) is 6. The Hall–Kier alpha value is -4.83. The van der Waals surface area contributed by atoms with Gasteiger partial charge in [-0.1, -0.05) is 55.7 Å². The van der Waals surface area contributed by atoms with Crippen molar-refractivity contribution in [1.82, 2.24) is 21.3 Å². The highest BCUT2D eigenvalue weighted by Gasteiger charge is 2.21. The molecule has 1 aromatic heterocycles. The van der Waals surface area contributed by atoms with Crippen molar-refractivity contribution in [1.29, 1.82) is 10.8 Å². The number of rotatable bonds is 27. The molecular formula is C49H73BClN8O5S. The van der Waals surface area contributed by atoms with Crippen LogP contribution in [0.2, 0.25) is 11.3 Å². The van der Waals surface area contributed by atoms with Gasteiger partial charge in [-0.2, -0.15) is 0 Å². The van der Waals surface area contributed by atoms with Gasteiger partial charge in [-0.25, -0.2) is 0 Å². The molecule has 0 saturated heterocycles. The average molecular weight is 933 g/mol. The number of amides is 2. The van der Waals surface area contributed by atoms with E-state index in [0.29, 0.717) is 41.0 Å². The molecule has 1 unspecified atom stereocenters. The zero-order chi connectivity index (χ0) is 48.7. The molecule has 0 aliphatic carbocycles. The summed E-state index contributed by atoms with van der Waals surface area (Å²) in [5, 5.41) is 27.4. The van der Waals surface area contributed by atoms with Crippen molar-refractivity contribution < 1.29 is 23.9 Å². The predicted octanol–water partition coefficient (Wildman–Crippen LogP) is 8.97. The largest absolute Gasteiger partial charge is 0.486 e. The van der Waals surface area contributed by atoms with E-state index in [0.717, 1.165) is 42.2 Å². The molecule has 355 valence electrons. The van der Waals surface area contributed by atoms with Gasteiger partial charge < -0.3 is 41.6 Å². The third-order valence-electron chi connectivity index (χ3n) is 9.95. The van der Waals surface area contributed by atoms with E-state index in [1.54, 1.807) is 40.0 Å². The summed E-state index contributed by atoms with van der Waals surface area (Å²) < 4.78 is 5.26. The highest BCUT2D eigenvalue weighted by Crippen LogP contribution is 2.31. The second kappa shape index (κ2) is 33.6. The maximum absolute atomic E-state index is 12.6. The van der Waals surface area contributed by atoms with Gasteiger partial charge in [0.2, 0.25) is 5.91 Å². The Balaban J connectivity index is 0.000000623. The zero-order valence-corrected chi connectivity index (χ0v) is 41.9. The Labute approximate surface area is 398 Å². The fraction of sp³-hybridized carbons (Fsp3) is 0.510. The Kier molecular flexibility index (Phi) is 30.1. The summed E-state index contributed by atoms with van der Waals surface area (Å²) in [5.74, 6) is -0.385. The van der Waals surface area contributed by atoms with Gasteiger partial charge in [0.1, 0.15) is 25.9 Å². The molecule has 3 aromatic rings. The normalized spacial score (nSPS) is 11.9. The molecule has 1 heterocycles. The predicted molar refractivity (Wildman–Crippen MR) is 274 cm³/mol. The lowest BCUT2D eigenvalue weighted by molar-refractivity contribution is -0.121. The zero-order valence-electron chi connectivity index (χ0n) is 40.3. The number of nitrogens with one attached hydrogen (secondary N) is 6. The van der Waals surface area contributed by atoms with Gasteiger partial charge in [0.05, 0.1) is 29.0 Å². The lowest BCUT2D eigenvalue weighted by Gasteiger charge is -2.16. The quantitative estimate of drug-likeness (QED) is 0.0190. The number of hydrogen-bond acceptors (Lipinski definition) is 12. The van der Waals surface area contributed by atoms with Crippen LogP contribution in [0.25, 0.3) is 0 Å². The number of nitrogens with zero attached hydrogens (tertiary/aromatic N) is 2. The number of aliphatic imine (C=N–C) groups is 2. The molecule has 0 aliphatic heterocycles. The number of thiophene rings is 1. The average Bonchev–Trinajstić information content (AvgIpc) is 3.52. The van der Waals surface area contributed by atoms with Crippen LogP contribution in [0.1, 0.15) is 121 Å². The highest BCUT2D eigenvalue weighted by molar-refractivity contribution is 7.12. The second-order valence-electron chi connectivity index (χ2n) is 15.8. The smallest absolute Gasteiger partial charge is 0.254 e. The van der Waals surface area contributed by atoms with Gasteiger partial charge in [0.25, 0.3) is 5.91 Å². The van der Waals surface area contributed by atoms with Gasteiger partial charge in [-0.05, 0) is 137 Å². The Morgan fingerprint density at radius 2 is 1.55 bits per heavy atom. The summed E-state index contributed by atoms with van der Waals surface area (Å²) in [6.07, 6.45) is 12.4. The van der Waals surface area contributed by atoms with Crippen LogP contribution < -0.4 is 26.0 Å². The fourth-order valence-electron chi connectivity index (χ4n) is 6.48. The summed E-state index contributed by atoms with van der Waals surface area (Å²) in [4.78, 5) is 57.6. The first kappa shape index (κ1) is 58.2. The molecule has 0 aliphatic rings. The molecule has 13 nitrogen and oxygen atoms in total. The van der Waals surface area contributed by atoms with Crippen LogP contribution in [0.3, 0.4) is 0 Å². The minimum Gasteiger partial charge on any atom is -0.486 e. The summed E-state index contributed by atoms with van der Waals surface area (Å²) >= 11 is 7.98. The maximum atomic E-state index is 12.6. The van der Waals surface area contributed by atoms with E-state index >= 15 is 0 Å². The van der Waals surface area contributed by atoms with Gasteiger partial charge in [0.15, 0.2) is 6.29 Å². The topological polar surface area (TPSA) is 198 Å². The van der Waals surface area contributed by atoms with E-state index in [9.17, 15) is 19.2 Å². The molecule has 0 bridgehead atoms. The summed E-state index contributed by atoms with van der Waals surface area (Å²) in [7, 11) is 5.76. The Morgan fingerprint density at radius 1 is 0.923 bits per heavy atom. The lowest BCUT2D eigenvalue weighted by atomic mass is 9.71. The SMILES string of the molecule is CC(C)=N.CC=Nc1c(C)cc(OCC=O)cc1C(=O)NC(C=O)CCC(=O)NC.CNCCCCCCCCNC[B]C[C@H](N=C(c1ccc(Cl)cc1)c1c(C)sc(C)c1C)C(C)=N. The first-order valence-electron chi connectivity index (χ1n) is 22.4. The number of halogens is 1. The van der Waals surface area contributed by atoms with Crippen molar-refractivity contribution in [2.45, 2.75) is 125 Å². The van der Waals surface area contributed by atoms with E-state index in [1.807, 2.05) is 49.6 Å². The minimum atomic E-state index is -0.807. The van der Waals surface area contributed by atoms with Crippen LogP contribution in [0.15, 0.2) is 46.4 Å². The third kappa shape index (κ3) is 23.3. The minimum absolute atomic E-state index is 0.113. The van der Waals surface area contributed by atoms with E-state index in [-0.39, 0.29) is 37.0 Å². The molecule has 65 heavy (non-hydrogen) atoms. The molecular weight excluding hydrogens is 859 g/mol. The molecule has 2 aromatic carbocycles. The molecule has 2 amide bonds. The van der Waals surface area contributed by atoms with Crippen molar-refractivity contribution in [2.75, 3.05) is 40.2 Å². The number of aldehydes is 2. The summed E-state index contributed by atoms with van der Waals surface area (Å²) in [6, 6.07) is 10.1. The van der Waals surface area contributed by atoms with Gasteiger partial charge in [-0.3, -0.25) is 24.4 Å². The molecule has 6 N–H and O–H groups in total. The first-order valence-corrected chi connectivity index (χ1v) is 23.5. The monoisotopic (exact) mass is 932 g/mol. The van der Waals surface area contributed by atoms with Crippen LogP contribution in [-0.4, -0.2) is 107 Å². The molecule has 2 atom stereocenters. The van der Waals surface area contributed by atoms with Crippen molar-refractivity contribution in [2.24, 2.45) is 9.98 Å². The number of benzene rings is 2. The van der Waals surface area contributed by atoms with Gasteiger partial charge in [-0.15, -0.1) is 11.3 Å². The molecule has 0 saturated carbocycles. The lowest BCUT2D eigenvalue weighted by Crippen LogP contribution is -2.37. The number of aryl methyl sites for hydroxylation is 3. The van der Waals surface area contributed by atoms with E-state index in [1.165, 1.54) is 72.5 Å². The molecule has 1 radical (unpaired) electrons. The van der Waals surface area contributed by atoms with E-state index in [4.69, 9.17) is 32.1 Å². The maximum Gasteiger partial charge on any atom is 0.254 e. The van der Waals surface area contributed by atoms with Crippen molar-refractivity contribution in [3.63, 3.8) is 0 Å². The Bertz CT molecular complexity index is 2020. The van der Waals surface area contributed by atoms with Crippen molar-refractivity contribution in [3.05, 3.63) is 79.0 Å². The van der Waals surface area contributed by atoms with Gasteiger partial charge >= 0.3 is 0 Å². The number of carbonyl (C=O) groups is 4. The second-order valence-corrected chi connectivity index (χ2v) is 17.6. The standard InChI is InChI=1S/C28H43BClN4S.C18H23N3O5.C3H7N/c1-20-22(3)35-23(4)27(20)28(24-12-14-25(30)15-13-24)34-26(21(2)31)18-29-19-33-17-11-9-7-6-8-10-16-32-5;1-4-20-17-12(2)9-14(26-8-7-22)10-15(17)18(25)21-13(11-23)5-6-16(24)19-3;1-3(2)4/h12-15,26,31-33H,6-11,16-19H2,1-5H3;4,7,9-11,13H,5-6,8H2,1-3H3,(H,19,24)(H,21,25);4H,1-2H3/t26-;;/m0../s1. The van der Waals surface area contributed by atoms with Crippen LogP contribution in [0, 0.1) is 38.5 Å². The van der Waals surface area contributed by atoms with Crippen LogP contribution in [0.4, 0.5) is 5.69 Å². The molecule has 0 fully saturated rings. The fourth-order valence-corrected chi connectivity index (χ4v) is 7.68. The van der Waals surface area contributed by atoms with Gasteiger partial charge in [0, 0.05) is 57.0 Å². The van der Waals surface area contributed by atoms with Crippen molar-refractivity contribution in [3.8, 4) is 5.75 Å². The highest BCUT2D eigenvalue weighted by atomic mass is 35.5. The summed E-state index contributed by atoms with van der Waals surface area (Å²) in [5.41, 5.74) is 7.09. The number of carbonyl (C=O) groups excluding carboxylic acids is 4. The van der Waals surface area contributed by atoms with Crippen LogP contribution in [0.5, 0.6) is 5.75 Å². The molecule has 3 rings (SSSR count). The van der Waals surface area contributed by atoms with Crippen LogP contribution >= 0.6 is 22.9 Å². The van der Waals surface area contributed by atoms with Crippen LogP contribution in [-0.2, 0) is 14.4 Å². The van der Waals surface area contributed by atoms with E-state index in [2.05, 4.69) is 54.3 Å².